The molecule has 4 aromatic rings. The van der Waals surface area contributed by atoms with Gasteiger partial charge in [0, 0.05) is 23.8 Å². The third kappa shape index (κ3) is 3.95. The molecule has 1 unspecified atom stereocenters. The number of aryl methyl sites for hydroxylation is 1. The zero-order valence-corrected chi connectivity index (χ0v) is 18.2. The fraction of sp³-hybridized carbons (Fsp3) is 0.318. The molecule has 4 heterocycles. The van der Waals surface area contributed by atoms with Crippen LogP contribution in [0.5, 0.6) is 0 Å². The zero-order chi connectivity index (χ0) is 20.5. The van der Waals surface area contributed by atoms with Gasteiger partial charge in [-0.05, 0) is 48.4 Å². The summed E-state index contributed by atoms with van der Waals surface area (Å²) in [5.41, 5.74) is 2.30. The summed E-state index contributed by atoms with van der Waals surface area (Å²) >= 11 is 3.24. The van der Waals surface area contributed by atoms with Gasteiger partial charge in [-0.2, -0.15) is 0 Å². The Morgan fingerprint density at radius 2 is 2.20 bits per heavy atom. The molecule has 1 saturated heterocycles. The van der Waals surface area contributed by atoms with E-state index in [9.17, 15) is 4.79 Å². The molecule has 8 heteroatoms. The second-order valence-electron chi connectivity index (χ2n) is 7.41. The molecule has 3 aromatic heterocycles. The van der Waals surface area contributed by atoms with Crippen LogP contribution in [0.2, 0.25) is 0 Å². The van der Waals surface area contributed by atoms with Gasteiger partial charge in [0.15, 0.2) is 11.0 Å². The fourth-order valence-electron chi connectivity index (χ4n) is 3.74. The molecule has 0 N–H and O–H groups in total. The number of fused-ring (bicyclic) bond motifs is 1. The van der Waals surface area contributed by atoms with E-state index in [4.69, 9.17) is 9.15 Å². The quantitative estimate of drug-likeness (QED) is 0.315. The lowest BCUT2D eigenvalue weighted by atomic mass is 10.1. The van der Waals surface area contributed by atoms with Gasteiger partial charge in [-0.3, -0.25) is 4.57 Å². The first-order valence-electron chi connectivity index (χ1n) is 9.92. The summed E-state index contributed by atoms with van der Waals surface area (Å²) in [4.78, 5) is 13.2. The van der Waals surface area contributed by atoms with E-state index in [0.717, 1.165) is 58.4 Å². The molecule has 0 amide bonds. The minimum atomic E-state index is -0.330. The molecular formula is C22H21N3O3S2. The third-order valence-corrected chi connectivity index (χ3v) is 7.09. The molecule has 5 rings (SSSR count). The van der Waals surface area contributed by atoms with E-state index >= 15 is 0 Å². The van der Waals surface area contributed by atoms with Crippen molar-refractivity contribution in [1.29, 1.82) is 0 Å². The van der Waals surface area contributed by atoms with Crippen molar-refractivity contribution < 1.29 is 9.15 Å². The van der Waals surface area contributed by atoms with Crippen molar-refractivity contribution in [3.63, 3.8) is 0 Å². The van der Waals surface area contributed by atoms with Crippen LogP contribution in [-0.4, -0.2) is 27.5 Å². The van der Waals surface area contributed by atoms with Gasteiger partial charge in [0.2, 0.25) is 0 Å². The topological polar surface area (TPSA) is 70.2 Å². The monoisotopic (exact) mass is 439 g/mol. The van der Waals surface area contributed by atoms with Crippen LogP contribution in [0.4, 0.5) is 0 Å². The van der Waals surface area contributed by atoms with Crippen molar-refractivity contribution in [2.45, 2.75) is 43.3 Å². The van der Waals surface area contributed by atoms with E-state index in [1.54, 1.807) is 29.2 Å². The average molecular weight is 440 g/mol. The van der Waals surface area contributed by atoms with Crippen LogP contribution in [-0.2, 0) is 17.0 Å². The lowest BCUT2D eigenvalue weighted by Gasteiger charge is -2.14. The molecule has 1 fully saturated rings. The number of nitrogens with zero attached hydrogens (tertiary/aromatic N) is 3. The van der Waals surface area contributed by atoms with Gasteiger partial charge in [-0.25, -0.2) is 4.79 Å². The Morgan fingerprint density at radius 1 is 1.27 bits per heavy atom. The van der Waals surface area contributed by atoms with E-state index in [1.807, 2.05) is 36.6 Å². The van der Waals surface area contributed by atoms with Crippen molar-refractivity contribution in [2.75, 3.05) is 6.61 Å². The van der Waals surface area contributed by atoms with Gasteiger partial charge in [0.25, 0.3) is 0 Å². The molecule has 1 aromatic carbocycles. The van der Waals surface area contributed by atoms with Crippen LogP contribution in [0.25, 0.3) is 21.7 Å². The predicted molar refractivity (Wildman–Crippen MR) is 119 cm³/mol. The molecule has 0 saturated carbocycles. The van der Waals surface area contributed by atoms with Crippen LogP contribution >= 0.6 is 23.1 Å². The zero-order valence-electron chi connectivity index (χ0n) is 16.5. The maximum Gasteiger partial charge on any atom is 0.336 e. The standard InChI is InChI=1S/C22H21N3O3S2/c1-14-6-7-17-15(11-20(26)28-18(17)10-14)13-30-22-24-23-21(19-5-3-9-29-19)25(22)12-16-4-2-8-27-16/h3,5-7,9-11,16H,2,4,8,12-13H2,1H3. The summed E-state index contributed by atoms with van der Waals surface area (Å²) in [5.74, 6) is 1.48. The van der Waals surface area contributed by atoms with Crippen molar-refractivity contribution >= 4 is 34.1 Å². The molecule has 1 aliphatic heterocycles. The Bertz CT molecular complexity index is 1220. The summed E-state index contributed by atoms with van der Waals surface area (Å²) in [5, 5.41) is 12.8. The highest BCUT2D eigenvalue weighted by Crippen LogP contribution is 2.31. The van der Waals surface area contributed by atoms with Gasteiger partial charge in [0.05, 0.1) is 17.5 Å². The molecule has 0 radical (unpaired) electrons. The summed E-state index contributed by atoms with van der Waals surface area (Å²) < 4.78 is 13.4. The number of benzene rings is 1. The maximum atomic E-state index is 12.1. The van der Waals surface area contributed by atoms with Crippen LogP contribution in [0.1, 0.15) is 24.0 Å². The molecule has 30 heavy (non-hydrogen) atoms. The highest BCUT2D eigenvalue weighted by Gasteiger charge is 2.22. The molecule has 0 aliphatic carbocycles. The Labute approximate surface area is 181 Å². The number of rotatable bonds is 6. The van der Waals surface area contributed by atoms with Crippen LogP contribution in [0.15, 0.2) is 56.1 Å². The van der Waals surface area contributed by atoms with E-state index in [2.05, 4.69) is 20.8 Å². The van der Waals surface area contributed by atoms with Gasteiger partial charge in [-0.1, -0.05) is 30.0 Å². The number of hydrogen-bond acceptors (Lipinski definition) is 7. The van der Waals surface area contributed by atoms with Crippen molar-refractivity contribution in [3.05, 3.63) is 63.3 Å². The number of ether oxygens (including phenoxy) is 1. The SMILES string of the molecule is Cc1ccc2c(CSc3nnc(-c4cccs4)n3CC3CCCO3)cc(=O)oc2c1. The minimum Gasteiger partial charge on any atom is -0.423 e. The summed E-state index contributed by atoms with van der Waals surface area (Å²) in [6, 6.07) is 11.6. The van der Waals surface area contributed by atoms with Crippen molar-refractivity contribution in [1.82, 2.24) is 14.8 Å². The van der Waals surface area contributed by atoms with Gasteiger partial charge in [0.1, 0.15) is 5.58 Å². The third-order valence-electron chi connectivity index (χ3n) is 5.21. The largest absolute Gasteiger partial charge is 0.423 e. The molecule has 0 spiro atoms. The number of thioether (sulfide) groups is 1. The number of aromatic nitrogens is 3. The smallest absolute Gasteiger partial charge is 0.336 e. The second-order valence-corrected chi connectivity index (χ2v) is 9.30. The van der Waals surface area contributed by atoms with E-state index in [0.29, 0.717) is 11.3 Å². The van der Waals surface area contributed by atoms with Gasteiger partial charge < -0.3 is 9.15 Å². The Morgan fingerprint density at radius 3 is 3.00 bits per heavy atom. The van der Waals surface area contributed by atoms with Crippen molar-refractivity contribution in [3.8, 4) is 10.7 Å². The highest BCUT2D eigenvalue weighted by atomic mass is 32.2. The van der Waals surface area contributed by atoms with Crippen LogP contribution < -0.4 is 5.63 Å². The lowest BCUT2D eigenvalue weighted by Crippen LogP contribution is -2.16. The fourth-order valence-corrected chi connectivity index (χ4v) is 5.40. The average Bonchev–Trinajstić information content (AvgIpc) is 3.48. The van der Waals surface area contributed by atoms with E-state index in [1.165, 1.54) is 0 Å². The Hall–Kier alpha value is -2.42. The van der Waals surface area contributed by atoms with Crippen molar-refractivity contribution in [2.24, 2.45) is 0 Å². The van der Waals surface area contributed by atoms with Crippen LogP contribution in [0.3, 0.4) is 0 Å². The lowest BCUT2D eigenvalue weighted by molar-refractivity contribution is 0.0953. The Balaban J connectivity index is 1.46. The second kappa shape index (κ2) is 8.37. The molecular weight excluding hydrogens is 418 g/mol. The molecule has 0 bridgehead atoms. The summed E-state index contributed by atoms with van der Waals surface area (Å²) in [6.07, 6.45) is 2.33. The van der Waals surface area contributed by atoms with Crippen LogP contribution in [0, 0.1) is 6.92 Å². The first kappa shape index (κ1) is 19.5. The maximum absolute atomic E-state index is 12.1. The first-order valence-corrected chi connectivity index (χ1v) is 11.8. The molecule has 1 atom stereocenters. The molecule has 6 nitrogen and oxygen atoms in total. The first-order chi connectivity index (χ1) is 14.7. The van der Waals surface area contributed by atoms with E-state index in [-0.39, 0.29) is 11.7 Å². The number of thiophene rings is 1. The molecule has 1 aliphatic rings. The Kier molecular flexibility index (Phi) is 5.45. The summed E-state index contributed by atoms with van der Waals surface area (Å²) in [6.45, 7) is 3.54. The highest BCUT2D eigenvalue weighted by molar-refractivity contribution is 7.98. The normalized spacial score (nSPS) is 16.5. The molecule has 154 valence electrons. The van der Waals surface area contributed by atoms with Gasteiger partial charge in [-0.15, -0.1) is 21.5 Å². The summed E-state index contributed by atoms with van der Waals surface area (Å²) in [7, 11) is 0. The minimum absolute atomic E-state index is 0.187. The van der Waals surface area contributed by atoms with Gasteiger partial charge >= 0.3 is 5.63 Å². The predicted octanol–water partition coefficient (Wildman–Crippen LogP) is 4.89. The van der Waals surface area contributed by atoms with E-state index < -0.39 is 0 Å². The number of hydrogen-bond donors (Lipinski definition) is 0.